The maximum atomic E-state index is 12.7. The standard InChI is InChI=1S/C23H32N4O2S/c1-4-14-27-21(16-29-20-13-9-10-17(2)15-20)25-26-23(27)30-18(3)22(28)24-19-11-7-5-6-8-12-19/h4,9-10,13,15,18-19H,1,5-8,11-12,14,16H2,2-3H3,(H,24,28)/t18-/m0/s1. The van der Waals surface area contributed by atoms with E-state index in [1.54, 1.807) is 6.08 Å². The Hall–Kier alpha value is -2.28. The van der Waals surface area contributed by atoms with Crippen LogP contribution >= 0.6 is 11.8 Å². The zero-order valence-corrected chi connectivity index (χ0v) is 18.8. The Morgan fingerprint density at radius 2 is 2.10 bits per heavy atom. The number of carbonyl (C=O) groups excluding carboxylic acids is 1. The number of rotatable bonds is 9. The summed E-state index contributed by atoms with van der Waals surface area (Å²) in [5.74, 6) is 1.58. The zero-order chi connectivity index (χ0) is 21.3. The highest BCUT2D eigenvalue weighted by atomic mass is 32.2. The second kappa shape index (κ2) is 11.2. The Bertz CT molecular complexity index is 843. The van der Waals surface area contributed by atoms with Crippen LogP contribution in [-0.2, 0) is 17.9 Å². The lowest BCUT2D eigenvalue weighted by Crippen LogP contribution is -2.39. The summed E-state index contributed by atoms with van der Waals surface area (Å²) in [7, 11) is 0. The summed E-state index contributed by atoms with van der Waals surface area (Å²) in [6.07, 6.45) is 8.91. The molecule has 1 heterocycles. The Balaban J connectivity index is 1.61. The van der Waals surface area contributed by atoms with Gasteiger partial charge in [0.05, 0.1) is 5.25 Å². The molecular weight excluding hydrogens is 396 g/mol. The van der Waals surface area contributed by atoms with Crippen molar-refractivity contribution in [2.75, 3.05) is 0 Å². The van der Waals surface area contributed by atoms with Gasteiger partial charge in [-0.25, -0.2) is 0 Å². The summed E-state index contributed by atoms with van der Waals surface area (Å²) in [6, 6.07) is 8.21. The first-order valence-corrected chi connectivity index (χ1v) is 11.6. The number of thioether (sulfide) groups is 1. The van der Waals surface area contributed by atoms with Crippen LogP contribution in [0.25, 0.3) is 0 Å². The molecule has 1 fully saturated rings. The highest BCUT2D eigenvalue weighted by molar-refractivity contribution is 8.00. The monoisotopic (exact) mass is 428 g/mol. The lowest BCUT2D eigenvalue weighted by Gasteiger charge is -2.19. The van der Waals surface area contributed by atoms with Gasteiger partial charge in [-0.3, -0.25) is 9.36 Å². The van der Waals surface area contributed by atoms with Crippen molar-refractivity contribution in [1.29, 1.82) is 0 Å². The molecule has 1 atom stereocenters. The fraction of sp³-hybridized carbons (Fsp3) is 0.522. The van der Waals surface area contributed by atoms with Gasteiger partial charge in [-0.2, -0.15) is 0 Å². The number of amides is 1. The van der Waals surface area contributed by atoms with E-state index in [0.717, 1.165) is 30.0 Å². The van der Waals surface area contributed by atoms with Crippen molar-refractivity contribution in [2.45, 2.75) is 82.0 Å². The van der Waals surface area contributed by atoms with Crippen LogP contribution in [0.5, 0.6) is 5.75 Å². The molecule has 0 bridgehead atoms. The molecule has 2 aromatic rings. The van der Waals surface area contributed by atoms with Crippen LogP contribution < -0.4 is 10.1 Å². The number of nitrogens with one attached hydrogen (secondary N) is 1. The fourth-order valence-electron chi connectivity index (χ4n) is 3.63. The van der Waals surface area contributed by atoms with Gasteiger partial charge in [-0.05, 0) is 44.4 Å². The average molecular weight is 429 g/mol. The third-order valence-corrected chi connectivity index (χ3v) is 6.40. The van der Waals surface area contributed by atoms with Crippen LogP contribution in [0, 0.1) is 6.92 Å². The van der Waals surface area contributed by atoms with Gasteiger partial charge in [0.1, 0.15) is 12.4 Å². The average Bonchev–Trinajstić information content (AvgIpc) is 2.92. The van der Waals surface area contributed by atoms with E-state index in [0.29, 0.717) is 24.3 Å². The van der Waals surface area contributed by atoms with E-state index in [2.05, 4.69) is 22.1 Å². The van der Waals surface area contributed by atoms with Gasteiger partial charge in [0.15, 0.2) is 11.0 Å². The number of aryl methyl sites for hydroxylation is 1. The molecule has 6 nitrogen and oxygen atoms in total. The Morgan fingerprint density at radius 3 is 2.80 bits per heavy atom. The summed E-state index contributed by atoms with van der Waals surface area (Å²) >= 11 is 1.43. The van der Waals surface area contributed by atoms with E-state index in [9.17, 15) is 4.79 Å². The molecule has 1 aliphatic carbocycles. The SMILES string of the molecule is C=CCn1c(COc2cccc(C)c2)nnc1S[C@@H](C)C(=O)NC1CCCCCC1. The number of carbonyl (C=O) groups is 1. The number of hydrogen-bond acceptors (Lipinski definition) is 5. The van der Waals surface area contributed by atoms with Crippen LogP contribution in [0.2, 0.25) is 0 Å². The predicted octanol–water partition coefficient (Wildman–Crippen LogP) is 4.67. The molecule has 1 saturated carbocycles. The van der Waals surface area contributed by atoms with Crippen molar-refractivity contribution in [1.82, 2.24) is 20.1 Å². The van der Waals surface area contributed by atoms with Crippen LogP contribution in [0.1, 0.15) is 56.8 Å². The summed E-state index contributed by atoms with van der Waals surface area (Å²) in [5, 5.41) is 12.3. The van der Waals surface area contributed by atoms with E-state index >= 15 is 0 Å². The molecule has 1 aromatic heterocycles. The molecule has 30 heavy (non-hydrogen) atoms. The third kappa shape index (κ3) is 6.36. The van der Waals surface area contributed by atoms with Crippen molar-refractivity contribution in [3.63, 3.8) is 0 Å². The first kappa shape index (κ1) is 22.4. The van der Waals surface area contributed by atoms with Gasteiger partial charge in [-0.15, -0.1) is 16.8 Å². The molecule has 162 valence electrons. The normalized spacial score (nSPS) is 15.9. The molecule has 3 rings (SSSR count). The topological polar surface area (TPSA) is 69.0 Å². The van der Waals surface area contributed by atoms with Gasteiger partial charge in [-0.1, -0.05) is 55.7 Å². The van der Waals surface area contributed by atoms with E-state index in [-0.39, 0.29) is 11.2 Å². The molecule has 0 aliphatic heterocycles. The Morgan fingerprint density at radius 1 is 1.33 bits per heavy atom. The van der Waals surface area contributed by atoms with E-state index in [1.807, 2.05) is 42.7 Å². The maximum Gasteiger partial charge on any atom is 0.233 e. The van der Waals surface area contributed by atoms with Gasteiger partial charge in [0.2, 0.25) is 5.91 Å². The lowest BCUT2D eigenvalue weighted by atomic mass is 10.1. The summed E-state index contributed by atoms with van der Waals surface area (Å²) in [4.78, 5) is 12.7. The molecule has 0 spiro atoms. The number of hydrogen-bond donors (Lipinski definition) is 1. The third-order valence-electron chi connectivity index (χ3n) is 5.32. The zero-order valence-electron chi connectivity index (χ0n) is 18.0. The predicted molar refractivity (Wildman–Crippen MR) is 121 cm³/mol. The van der Waals surface area contributed by atoms with Gasteiger partial charge in [0.25, 0.3) is 0 Å². The molecule has 1 aliphatic rings. The van der Waals surface area contributed by atoms with E-state index < -0.39 is 0 Å². The van der Waals surface area contributed by atoms with Crippen molar-refractivity contribution >= 4 is 17.7 Å². The summed E-state index contributed by atoms with van der Waals surface area (Å²) in [6.45, 7) is 8.68. The van der Waals surface area contributed by atoms with Crippen molar-refractivity contribution < 1.29 is 9.53 Å². The van der Waals surface area contributed by atoms with Crippen LogP contribution in [0.3, 0.4) is 0 Å². The minimum atomic E-state index is -0.244. The van der Waals surface area contributed by atoms with Crippen LogP contribution in [-0.4, -0.2) is 32.0 Å². The molecule has 0 radical (unpaired) electrons. The highest BCUT2D eigenvalue weighted by Crippen LogP contribution is 2.24. The molecular formula is C23H32N4O2S. The van der Waals surface area contributed by atoms with Crippen molar-refractivity contribution in [2.24, 2.45) is 0 Å². The Kier molecular flexibility index (Phi) is 8.37. The van der Waals surface area contributed by atoms with Crippen LogP contribution in [0.4, 0.5) is 0 Å². The number of aromatic nitrogens is 3. The number of nitrogens with zero attached hydrogens (tertiary/aromatic N) is 3. The molecule has 1 N–H and O–H groups in total. The fourth-order valence-corrected chi connectivity index (χ4v) is 4.52. The summed E-state index contributed by atoms with van der Waals surface area (Å²) < 4.78 is 7.85. The van der Waals surface area contributed by atoms with Crippen LogP contribution in [0.15, 0.2) is 42.1 Å². The summed E-state index contributed by atoms with van der Waals surface area (Å²) in [5.41, 5.74) is 1.14. The molecule has 0 saturated heterocycles. The molecule has 7 heteroatoms. The van der Waals surface area contributed by atoms with E-state index in [4.69, 9.17) is 4.74 Å². The minimum absolute atomic E-state index is 0.0672. The smallest absolute Gasteiger partial charge is 0.233 e. The number of benzene rings is 1. The second-order valence-electron chi connectivity index (χ2n) is 7.86. The second-order valence-corrected chi connectivity index (χ2v) is 9.17. The highest BCUT2D eigenvalue weighted by Gasteiger charge is 2.22. The number of ether oxygens (including phenoxy) is 1. The van der Waals surface area contributed by atoms with Gasteiger partial charge in [0, 0.05) is 12.6 Å². The quantitative estimate of drug-likeness (QED) is 0.357. The van der Waals surface area contributed by atoms with E-state index in [1.165, 1.54) is 37.4 Å². The molecule has 1 amide bonds. The lowest BCUT2D eigenvalue weighted by molar-refractivity contribution is -0.121. The molecule has 1 aromatic carbocycles. The first-order chi connectivity index (χ1) is 14.6. The maximum absolute atomic E-state index is 12.7. The van der Waals surface area contributed by atoms with Gasteiger partial charge < -0.3 is 10.1 Å². The van der Waals surface area contributed by atoms with Crippen molar-refractivity contribution in [3.05, 3.63) is 48.3 Å². The Labute approximate surface area is 183 Å². The molecule has 0 unspecified atom stereocenters. The van der Waals surface area contributed by atoms with Crippen molar-refractivity contribution in [3.8, 4) is 5.75 Å². The largest absolute Gasteiger partial charge is 0.486 e. The first-order valence-electron chi connectivity index (χ1n) is 10.8. The van der Waals surface area contributed by atoms with Gasteiger partial charge >= 0.3 is 0 Å². The number of allylic oxidation sites excluding steroid dienone is 1. The minimum Gasteiger partial charge on any atom is -0.486 e.